The summed E-state index contributed by atoms with van der Waals surface area (Å²) in [7, 11) is 0. The minimum absolute atomic E-state index is 0.0469. The van der Waals surface area contributed by atoms with Crippen LogP contribution in [0.4, 0.5) is 13.2 Å². The lowest BCUT2D eigenvalue weighted by molar-refractivity contribution is -0.178. The minimum Gasteiger partial charge on any atom is -0.369 e. The molecular weight excluding hydrogens is 450 g/mol. The summed E-state index contributed by atoms with van der Waals surface area (Å²) in [5.41, 5.74) is 0.412. The Balaban J connectivity index is 1.60. The predicted octanol–water partition coefficient (Wildman–Crippen LogP) is 4.85. The van der Waals surface area contributed by atoms with Crippen molar-refractivity contribution < 1.29 is 13.2 Å². The number of hydrogen-bond donors (Lipinski definition) is 3. The van der Waals surface area contributed by atoms with Gasteiger partial charge in [0, 0.05) is 46.5 Å². The van der Waals surface area contributed by atoms with Gasteiger partial charge in [-0.1, -0.05) is 42.1 Å². The van der Waals surface area contributed by atoms with Gasteiger partial charge in [0.2, 0.25) is 0 Å². The van der Waals surface area contributed by atoms with Gasteiger partial charge in [-0.25, -0.2) is 15.4 Å². The number of hydrogen-bond acceptors (Lipinski definition) is 5. The Hall–Kier alpha value is -1.74. The average Bonchev–Trinajstić information content (AvgIpc) is 3.32. The minimum atomic E-state index is -4.60. The van der Waals surface area contributed by atoms with E-state index in [1.165, 1.54) is 55.1 Å². The molecule has 0 amide bonds. The molecule has 0 radical (unpaired) electrons. The summed E-state index contributed by atoms with van der Waals surface area (Å²) < 4.78 is 42.7. The van der Waals surface area contributed by atoms with Crippen LogP contribution in [0.1, 0.15) is 38.2 Å². The number of rotatable bonds is 6. The van der Waals surface area contributed by atoms with E-state index in [1.54, 1.807) is 6.08 Å². The molecule has 3 aliphatic rings. The second-order valence-corrected chi connectivity index (χ2v) is 8.93. The van der Waals surface area contributed by atoms with Gasteiger partial charge >= 0.3 is 6.18 Å². The van der Waals surface area contributed by atoms with Crippen LogP contribution in [0.3, 0.4) is 0 Å². The molecule has 168 valence electrons. The van der Waals surface area contributed by atoms with Gasteiger partial charge in [0.05, 0.1) is 0 Å². The van der Waals surface area contributed by atoms with Crippen molar-refractivity contribution in [2.24, 2.45) is 4.99 Å². The summed E-state index contributed by atoms with van der Waals surface area (Å²) in [4.78, 5) is 4.26. The zero-order valence-corrected chi connectivity index (χ0v) is 18.5. The maximum absolute atomic E-state index is 14.2. The molecule has 4 rings (SSSR count). The van der Waals surface area contributed by atoms with Crippen LogP contribution >= 0.6 is 23.2 Å². The van der Waals surface area contributed by atoms with E-state index in [4.69, 9.17) is 23.2 Å². The molecule has 1 aliphatic carbocycles. The summed E-state index contributed by atoms with van der Waals surface area (Å²) in [5.74, 6) is 0.645. The van der Waals surface area contributed by atoms with Crippen molar-refractivity contribution >= 4 is 35.0 Å². The first-order valence-electron chi connectivity index (χ1n) is 10.3. The van der Waals surface area contributed by atoms with Gasteiger partial charge in [0.25, 0.3) is 0 Å². The molecule has 2 heterocycles. The second kappa shape index (κ2) is 8.65. The third kappa shape index (κ3) is 4.31. The lowest BCUT2D eigenvalue weighted by Crippen LogP contribution is -2.56. The molecule has 1 saturated carbocycles. The van der Waals surface area contributed by atoms with Gasteiger partial charge in [0.15, 0.2) is 11.4 Å². The number of aliphatic imine (C=N–C) groups is 1. The van der Waals surface area contributed by atoms with Crippen molar-refractivity contribution in [1.82, 2.24) is 21.1 Å². The van der Waals surface area contributed by atoms with Crippen molar-refractivity contribution in [3.8, 4) is 0 Å². The Labute approximate surface area is 189 Å². The Bertz CT molecular complexity index is 937. The van der Waals surface area contributed by atoms with Crippen LogP contribution in [-0.4, -0.2) is 42.1 Å². The van der Waals surface area contributed by atoms with E-state index in [-0.39, 0.29) is 22.0 Å². The van der Waals surface area contributed by atoms with Crippen LogP contribution in [0.2, 0.25) is 10.0 Å². The zero-order chi connectivity index (χ0) is 22.2. The molecule has 5 nitrogen and oxygen atoms in total. The second-order valence-electron chi connectivity index (χ2n) is 8.09. The van der Waals surface area contributed by atoms with Crippen molar-refractivity contribution in [2.75, 3.05) is 13.1 Å². The number of allylic oxidation sites excluding steroid dienone is 1. The first-order chi connectivity index (χ1) is 14.7. The molecule has 1 aromatic carbocycles. The van der Waals surface area contributed by atoms with E-state index in [1.807, 2.05) is 0 Å². The standard InChI is InChI=1S/C21H24Cl2F3N5/c1-20(21(24,25)26)18(15-7-6-13(22)12-16(15)23)19-29-9-8-17(31(19)30-20)28-11-10-27-14-4-2-3-5-14/h6-9,12,14,27-28,30H,2-5,10-11H2,1H3. The lowest BCUT2D eigenvalue weighted by atomic mass is 9.87. The molecule has 1 unspecified atom stereocenters. The van der Waals surface area contributed by atoms with Crippen LogP contribution in [0.15, 0.2) is 40.9 Å². The molecule has 0 saturated heterocycles. The van der Waals surface area contributed by atoms with Crippen molar-refractivity contribution in [1.29, 1.82) is 0 Å². The largest absolute Gasteiger partial charge is 0.412 e. The fourth-order valence-electron chi connectivity index (χ4n) is 4.24. The van der Waals surface area contributed by atoms with Crippen LogP contribution in [0.25, 0.3) is 5.57 Å². The average molecular weight is 474 g/mol. The first-order valence-corrected chi connectivity index (χ1v) is 11.0. The number of nitrogens with one attached hydrogen (secondary N) is 3. The maximum atomic E-state index is 14.2. The van der Waals surface area contributed by atoms with E-state index < -0.39 is 11.7 Å². The van der Waals surface area contributed by atoms with Crippen molar-refractivity contribution in [3.05, 3.63) is 51.5 Å². The van der Waals surface area contributed by atoms with Crippen molar-refractivity contribution in [3.63, 3.8) is 0 Å². The van der Waals surface area contributed by atoms with Gasteiger partial charge in [-0.15, -0.1) is 0 Å². The number of fused-ring (bicyclic) bond motifs is 1. The Kier molecular flexibility index (Phi) is 6.27. The quantitative estimate of drug-likeness (QED) is 0.516. The van der Waals surface area contributed by atoms with Crippen LogP contribution < -0.4 is 16.1 Å². The van der Waals surface area contributed by atoms with Gasteiger partial charge in [0.1, 0.15) is 5.82 Å². The molecule has 3 N–H and O–H groups in total. The summed E-state index contributed by atoms with van der Waals surface area (Å²) >= 11 is 12.3. The Morgan fingerprint density at radius 1 is 1.23 bits per heavy atom. The Morgan fingerprint density at radius 3 is 2.65 bits per heavy atom. The highest BCUT2D eigenvalue weighted by Gasteiger charge is 2.60. The molecule has 2 aliphatic heterocycles. The smallest absolute Gasteiger partial charge is 0.369 e. The number of alkyl halides is 3. The molecule has 1 fully saturated rings. The molecule has 1 atom stereocenters. The van der Waals surface area contributed by atoms with E-state index in [0.717, 1.165) is 13.5 Å². The maximum Gasteiger partial charge on any atom is 0.412 e. The highest BCUT2D eigenvalue weighted by atomic mass is 35.5. The molecule has 1 aromatic rings. The zero-order valence-electron chi connectivity index (χ0n) is 17.0. The monoisotopic (exact) mass is 473 g/mol. The summed E-state index contributed by atoms with van der Waals surface area (Å²) in [6, 6.07) is 4.97. The molecule has 10 heteroatoms. The van der Waals surface area contributed by atoms with E-state index in [9.17, 15) is 13.2 Å². The topological polar surface area (TPSA) is 51.7 Å². The SMILES string of the molecule is CC1(C(F)(F)F)NN2C(NCCNC3CCCC3)=CC=NC2=C1c1ccc(Cl)cc1Cl. The third-order valence-electron chi connectivity index (χ3n) is 5.93. The first kappa shape index (κ1) is 22.5. The molecular formula is C21H24Cl2F3N5. The summed E-state index contributed by atoms with van der Waals surface area (Å²) in [6.45, 7) is 2.38. The van der Waals surface area contributed by atoms with Gasteiger partial charge in [-0.05, 0) is 38.0 Å². The Morgan fingerprint density at radius 2 is 1.97 bits per heavy atom. The number of hydrazine groups is 1. The number of benzene rings is 1. The summed E-state index contributed by atoms with van der Waals surface area (Å²) in [6.07, 6.45) is 3.37. The van der Waals surface area contributed by atoms with Gasteiger partial charge in [-0.2, -0.15) is 13.2 Å². The fraction of sp³-hybridized carbons (Fsp3) is 0.476. The third-order valence-corrected chi connectivity index (χ3v) is 6.48. The van der Waals surface area contributed by atoms with Gasteiger partial charge in [-0.3, -0.25) is 0 Å². The summed E-state index contributed by atoms with van der Waals surface area (Å²) in [5, 5.41) is 8.53. The number of nitrogens with zero attached hydrogens (tertiary/aromatic N) is 2. The van der Waals surface area contributed by atoms with E-state index >= 15 is 0 Å². The predicted molar refractivity (Wildman–Crippen MR) is 118 cm³/mol. The highest BCUT2D eigenvalue weighted by Crippen LogP contribution is 2.49. The normalized spacial score (nSPS) is 24.1. The fourth-order valence-corrected chi connectivity index (χ4v) is 4.74. The van der Waals surface area contributed by atoms with Gasteiger partial charge < -0.3 is 10.6 Å². The molecule has 0 spiro atoms. The van der Waals surface area contributed by atoms with Crippen LogP contribution in [-0.2, 0) is 0 Å². The van der Waals surface area contributed by atoms with Crippen LogP contribution in [0, 0.1) is 0 Å². The molecule has 0 bridgehead atoms. The number of halogens is 5. The molecule has 31 heavy (non-hydrogen) atoms. The highest BCUT2D eigenvalue weighted by molar-refractivity contribution is 6.35. The van der Waals surface area contributed by atoms with Crippen LogP contribution in [0.5, 0.6) is 0 Å². The molecule has 0 aromatic heterocycles. The van der Waals surface area contributed by atoms with Crippen molar-refractivity contribution in [2.45, 2.75) is 50.4 Å². The van der Waals surface area contributed by atoms with E-state index in [0.29, 0.717) is 23.4 Å². The van der Waals surface area contributed by atoms with E-state index in [2.05, 4.69) is 21.1 Å². The lowest BCUT2D eigenvalue weighted by Gasteiger charge is -2.33.